The molecule has 2 heterocycles. The molecule has 181 valence electrons. The molecule has 0 spiro atoms. The quantitative estimate of drug-likeness (QED) is 0.196. The second-order valence-electron chi connectivity index (χ2n) is 8.04. The van der Waals surface area contributed by atoms with E-state index in [4.69, 9.17) is 0 Å². The smallest absolute Gasteiger partial charge is 0.116 e. The molecule has 0 aliphatic rings. The molecule has 0 aliphatic carbocycles. The van der Waals surface area contributed by atoms with E-state index in [1.807, 2.05) is 84.9 Å². The number of aromatic nitrogens is 4. The van der Waals surface area contributed by atoms with Crippen molar-refractivity contribution in [2.24, 2.45) is 0 Å². The van der Waals surface area contributed by atoms with Gasteiger partial charge in [-0.3, -0.25) is 0 Å². The summed E-state index contributed by atoms with van der Waals surface area (Å²) in [5, 5.41) is 0. The van der Waals surface area contributed by atoms with Crippen LogP contribution in [0, 0.1) is 0 Å². The third-order valence-corrected chi connectivity index (χ3v) is 5.61. The molecule has 0 N–H and O–H groups in total. The predicted molar refractivity (Wildman–Crippen MR) is 146 cm³/mol. The predicted octanol–water partition coefficient (Wildman–Crippen LogP) is 7.62. The van der Waals surface area contributed by atoms with Crippen LogP contribution in [0.1, 0.15) is 0 Å². The zero-order chi connectivity index (χ0) is 24.4. The monoisotopic (exact) mass is 657 g/mol. The summed E-state index contributed by atoms with van der Waals surface area (Å²) in [6, 6.07) is 44.6. The van der Waals surface area contributed by atoms with Gasteiger partial charge in [0.15, 0.2) is 0 Å². The van der Waals surface area contributed by atoms with E-state index in [1.165, 1.54) is 0 Å². The maximum absolute atomic E-state index is 4.32. The van der Waals surface area contributed by atoms with E-state index in [2.05, 4.69) is 68.5 Å². The van der Waals surface area contributed by atoms with Crippen LogP contribution in [-0.2, 0) is 20.1 Å². The fraction of sp³-hybridized carbons (Fsp3) is 0. The summed E-state index contributed by atoms with van der Waals surface area (Å²) in [6.07, 6.45) is 3.23. The van der Waals surface area contributed by atoms with E-state index >= 15 is 0 Å². The van der Waals surface area contributed by atoms with E-state index in [0.717, 1.165) is 45.0 Å². The molecule has 5 heteroatoms. The van der Waals surface area contributed by atoms with Crippen LogP contribution in [0.3, 0.4) is 0 Å². The van der Waals surface area contributed by atoms with Gasteiger partial charge in [-0.1, -0.05) is 121 Å². The second kappa shape index (κ2) is 13.1. The zero-order valence-electron chi connectivity index (χ0n) is 20.0. The minimum Gasteiger partial charge on any atom is -0.236 e. The largest absolute Gasteiger partial charge is 0.236 e. The van der Waals surface area contributed by atoms with Crippen molar-refractivity contribution in [3.8, 4) is 45.0 Å². The maximum atomic E-state index is 4.32. The number of hydrogen-bond acceptors (Lipinski definition) is 4. The molecule has 4 aromatic carbocycles. The van der Waals surface area contributed by atoms with Gasteiger partial charge in [-0.15, -0.1) is 0 Å². The van der Waals surface area contributed by atoms with Gasteiger partial charge in [0.05, 0.1) is 22.8 Å². The Morgan fingerprint density at radius 1 is 0.297 bits per heavy atom. The van der Waals surface area contributed by atoms with Crippen LogP contribution in [0.5, 0.6) is 0 Å². The fourth-order valence-corrected chi connectivity index (χ4v) is 3.78. The Kier molecular flexibility index (Phi) is 9.14. The summed E-state index contributed by atoms with van der Waals surface area (Å²) >= 11 is 0. The van der Waals surface area contributed by atoms with Crippen LogP contribution in [-0.4, -0.2) is 19.9 Å². The van der Waals surface area contributed by atoms with Gasteiger partial charge >= 0.3 is 0 Å². The minimum absolute atomic E-state index is 0. The number of rotatable bonds is 4. The van der Waals surface area contributed by atoms with E-state index in [0.29, 0.717) is 0 Å². The Hall–Kier alpha value is -4.31. The molecule has 2 aromatic heterocycles. The van der Waals surface area contributed by atoms with Gasteiger partial charge in [0.2, 0.25) is 0 Å². The molecule has 6 rings (SSSR count). The summed E-state index contributed by atoms with van der Waals surface area (Å²) in [5.41, 5.74) is 8.23. The normalized spacial score (nSPS) is 9.95. The van der Waals surface area contributed by atoms with E-state index in [1.54, 1.807) is 12.7 Å². The van der Waals surface area contributed by atoms with Crippen molar-refractivity contribution in [1.82, 2.24) is 19.9 Å². The van der Waals surface area contributed by atoms with Crippen LogP contribution >= 0.6 is 0 Å². The van der Waals surface area contributed by atoms with Crippen molar-refractivity contribution in [2.75, 3.05) is 0 Å². The fourth-order valence-electron chi connectivity index (χ4n) is 3.78. The SMILES string of the molecule is [Ir].c1ccc(-c2cc(-c3ccccc3)ncn2)cc1.c1ccc(-c2cc(-c3ccccc3)ncn2)cc1. The molecular weight excluding hydrogens is 633 g/mol. The molecule has 0 fully saturated rings. The molecule has 0 atom stereocenters. The van der Waals surface area contributed by atoms with Crippen molar-refractivity contribution in [1.29, 1.82) is 0 Å². The summed E-state index contributed by atoms with van der Waals surface area (Å²) in [7, 11) is 0. The van der Waals surface area contributed by atoms with E-state index in [9.17, 15) is 0 Å². The minimum atomic E-state index is 0. The van der Waals surface area contributed by atoms with Gasteiger partial charge in [0.1, 0.15) is 12.7 Å². The van der Waals surface area contributed by atoms with Crippen molar-refractivity contribution < 1.29 is 20.1 Å². The third-order valence-electron chi connectivity index (χ3n) is 5.61. The third kappa shape index (κ3) is 6.89. The molecule has 0 saturated heterocycles. The first-order chi connectivity index (χ1) is 17.9. The number of nitrogens with zero attached hydrogens (tertiary/aromatic N) is 4. The first kappa shape index (κ1) is 25.8. The van der Waals surface area contributed by atoms with Crippen molar-refractivity contribution in [3.05, 3.63) is 146 Å². The van der Waals surface area contributed by atoms with Crippen molar-refractivity contribution in [2.45, 2.75) is 0 Å². The molecule has 0 saturated carbocycles. The van der Waals surface area contributed by atoms with Crippen LogP contribution in [0.4, 0.5) is 0 Å². The first-order valence-corrected chi connectivity index (χ1v) is 11.7. The first-order valence-electron chi connectivity index (χ1n) is 11.7. The van der Waals surface area contributed by atoms with Crippen LogP contribution in [0.2, 0.25) is 0 Å². The standard InChI is InChI=1S/2C16H12N2.Ir/c2*1-3-7-13(8-4-1)15-11-16(18-12-17-15)14-9-5-2-6-10-14;/h2*1-12H;. The van der Waals surface area contributed by atoms with Gasteiger partial charge in [-0.25, -0.2) is 19.9 Å². The van der Waals surface area contributed by atoms with Crippen LogP contribution < -0.4 is 0 Å². The Bertz CT molecular complexity index is 1280. The molecule has 6 aromatic rings. The zero-order valence-corrected chi connectivity index (χ0v) is 22.4. The summed E-state index contributed by atoms with van der Waals surface area (Å²) in [6.45, 7) is 0. The Morgan fingerprint density at radius 3 is 0.730 bits per heavy atom. The van der Waals surface area contributed by atoms with Gasteiger partial charge in [0.25, 0.3) is 0 Å². The Balaban J connectivity index is 0.000000168. The van der Waals surface area contributed by atoms with E-state index < -0.39 is 0 Å². The number of hydrogen-bond donors (Lipinski definition) is 0. The second-order valence-corrected chi connectivity index (χ2v) is 8.04. The van der Waals surface area contributed by atoms with Crippen LogP contribution in [0.15, 0.2) is 146 Å². The summed E-state index contributed by atoms with van der Waals surface area (Å²) in [5.74, 6) is 0. The average Bonchev–Trinajstić information content (AvgIpc) is 2.99. The van der Waals surface area contributed by atoms with Gasteiger partial charge in [-0.05, 0) is 12.1 Å². The van der Waals surface area contributed by atoms with Gasteiger partial charge in [-0.2, -0.15) is 0 Å². The Labute approximate surface area is 230 Å². The van der Waals surface area contributed by atoms with Gasteiger partial charge < -0.3 is 0 Å². The van der Waals surface area contributed by atoms with Crippen LogP contribution in [0.25, 0.3) is 45.0 Å². The molecular formula is C32H24IrN4. The maximum Gasteiger partial charge on any atom is 0.116 e. The average molecular weight is 657 g/mol. The molecule has 0 unspecified atom stereocenters. The van der Waals surface area contributed by atoms with Crippen molar-refractivity contribution >= 4 is 0 Å². The molecule has 0 bridgehead atoms. The Morgan fingerprint density at radius 2 is 0.514 bits per heavy atom. The summed E-state index contributed by atoms with van der Waals surface area (Å²) in [4.78, 5) is 17.3. The molecule has 0 aliphatic heterocycles. The molecule has 1 radical (unpaired) electrons. The van der Waals surface area contributed by atoms with Crippen molar-refractivity contribution in [3.63, 3.8) is 0 Å². The van der Waals surface area contributed by atoms with E-state index in [-0.39, 0.29) is 20.1 Å². The molecule has 0 amide bonds. The molecule has 4 nitrogen and oxygen atoms in total. The summed E-state index contributed by atoms with van der Waals surface area (Å²) < 4.78 is 0. The topological polar surface area (TPSA) is 51.6 Å². The number of benzene rings is 4. The molecule has 37 heavy (non-hydrogen) atoms. The van der Waals surface area contributed by atoms with Gasteiger partial charge in [0, 0.05) is 42.4 Å².